The zero-order valence-corrected chi connectivity index (χ0v) is 13.2. The molecule has 0 saturated carbocycles. The van der Waals surface area contributed by atoms with E-state index >= 15 is 0 Å². The van der Waals surface area contributed by atoms with Crippen LogP contribution in [0.15, 0.2) is 24.3 Å². The van der Waals surface area contributed by atoms with Crippen LogP contribution in [0.3, 0.4) is 0 Å². The maximum atomic E-state index is 11.2. The summed E-state index contributed by atoms with van der Waals surface area (Å²) in [6, 6.07) is 6.38. The van der Waals surface area contributed by atoms with Crippen LogP contribution in [0.2, 0.25) is 0 Å². The normalized spacial score (nSPS) is 10.5. The Bertz CT molecular complexity index is 464. The lowest BCUT2D eigenvalue weighted by molar-refractivity contribution is -0.147. The summed E-state index contributed by atoms with van der Waals surface area (Å²) >= 11 is 0. The highest BCUT2D eigenvalue weighted by Gasteiger charge is 2.07. The number of hydrogen-bond donors (Lipinski definition) is 1. The number of esters is 1. The van der Waals surface area contributed by atoms with Gasteiger partial charge >= 0.3 is 11.9 Å². The lowest BCUT2D eigenvalue weighted by Gasteiger charge is -2.08. The van der Waals surface area contributed by atoms with Gasteiger partial charge in [0, 0.05) is 0 Å². The highest BCUT2D eigenvalue weighted by molar-refractivity contribution is 5.87. The van der Waals surface area contributed by atoms with Gasteiger partial charge < -0.3 is 14.6 Å². The molecular formula is C17H24O5. The molecule has 5 heteroatoms. The Hall–Kier alpha value is -2.04. The molecule has 0 aliphatic heterocycles. The summed E-state index contributed by atoms with van der Waals surface area (Å²) in [5.41, 5.74) is 0.253. The Morgan fingerprint density at radius 1 is 1.00 bits per heavy atom. The van der Waals surface area contributed by atoms with Gasteiger partial charge in [0.05, 0.1) is 24.7 Å². The molecule has 1 aromatic rings. The summed E-state index contributed by atoms with van der Waals surface area (Å²) in [6.45, 7) is 4.72. The van der Waals surface area contributed by atoms with Crippen molar-refractivity contribution in [3.63, 3.8) is 0 Å². The molecule has 1 N–H and O–H groups in total. The van der Waals surface area contributed by atoms with Crippen LogP contribution in [-0.4, -0.2) is 30.3 Å². The second-order valence-corrected chi connectivity index (χ2v) is 5.41. The van der Waals surface area contributed by atoms with E-state index in [-0.39, 0.29) is 17.5 Å². The minimum Gasteiger partial charge on any atom is -0.494 e. The largest absolute Gasteiger partial charge is 0.494 e. The maximum Gasteiger partial charge on any atom is 0.335 e. The summed E-state index contributed by atoms with van der Waals surface area (Å²) in [5.74, 6) is -0.477. The van der Waals surface area contributed by atoms with Crippen molar-refractivity contribution in [2.75, 3.05) is 13.2 Å². The summed E-state index contributed by atoms with van der Waals surface area (Å²) in [6.07, 6.45) is 3.78. The quantitative estimate of drug-likeness (QED) is 0.529. The third-order valence-electron chi connectivity index (χ3n) is 3.12. The first-order valence-corrected chi connectivity index (χ1v) is 7.63. The van der Waals surface area contributed by atoms with Crippen molar-refractivity contribution in [1.29, 1.82) is 0 Å². The fourth-order valence-electron chi connectivity index (χ4n) is 1.78. The number of carboxylic acids is 1. The molecule has 0 spiro atoms. The Morgan fingerprint density at radius 2 is 1.59 bits per heavy atom. The molecule has 0 aliphatic carbocycles. The van der Waals surface area contributed by atoms with Gasteiger partial charge in [0.1, 0.15) is 5.75 Å². The highest BCUT2D eigenvalue weighted by Crippen LogP contribution is 2.13. The van der Waals surface area contributed by atoms with Crippen LogP contribution in [0.4, 0.5) is 0 Å². The molecular weight excluding hydrogens is 284 g/mol. The van der Waals surface area contributed by atoms with Crippen molar-refractivity contribution in [3.05, 3.63) is 29.8 Å². The van der Waals surface area contributed by atoms with Crippen molar-refractivity contribution >= 4 is 11.9 Å². The summed E-state index contributed by atoms with van der Waals surface area (Å²) in [7, 11) is 0. The first-order chi connectivity index (χ1) is 10.5. The van der Waals surface area contributed by atoms with E-state index in [1.807, 2.05) is 13.8 Å². The van der Waals surface area contributed by atoms with E-state index in [2.05, 4.69) is 0 Å². The summed E-state index contributed by atoms with van der Waals surface area (Å²) < 4.78 is 10.6. The van der Waals surface area contributed by atoms with Crippen molar-refractivity contribution in [3.8, 4) is 5.75 Å². The standard InChI is InChI=1S/C17H24O5/c1-13(2)17(20)22-12-6-4-3-5-11-21-15-9-7-14(8-10-15)16(18)19/h7-10,13H,3-6,11-12H2,1-2H3,(H,18,19). The fourth-order valence-corrected chi connectivity index (χ4v) is 1.78. The zero-order valence-electron chi connectivity index (χ0n) is 13.2. The molecule has 1 aromatic carbocycles. The van der Waals surface area contributed by atoms with E-state index in [0.717, 1.165) is 25.7 Å². The van der Waals surface area contributed by atoms with Crippen LogP contribution in [0.1, 0.15) is 49.9 Å². The van der Waals surface area contributed by atoms with Crippen molar-refractivity contribution in [1.82, 2.24) is 0 Å². The minimum atomic E-state index is -0.940. The average Bonchev–Trinajstić information content (AvgIpc) is 2.50. The lowest BCUT2D eigenvalue weighted by atomic mass is 10.2. The van der Waals surface area contributed by atoms with Crippen LogP contribution < -0.4 is 4.74 Å². The Morgan fingerprint density at radius 3 is 2.14 bits per heavy atom. The number of unbranched alkanes of at least 4 members (excludes halogenated alkanes) is 3. The molecule has 0 aromatic heterocycles. The van der Waals surface area contributed by atoms with Crippen molar-refractivity contribution in [2.24, 2.45) is 5.92 Å². The lowest BCUT2D eigenvalue weighted by Crippen LogP contribution is -2.12. The van der Waals surface area contributed by atoms with Crippen LogP contribution in [0.5, 0.6) is 5.75 Å². The minimum absolute atomic E-state index is 0.0686. The van der Waals surface area contributed by atoms with Gasteiger partial charge in [-0.3, -0.25) is 4.79 Å². The summed E-state index contributed by atoms with van der Waals surface area (Å²) in [5, 5.41) is 8.79. The summed E-state index contributed by atoms with van der Waals surface area (Å²) in [4.78, 5) is 21.9. The number of rotatable bonds is 10. The molecule has 0 saturated heterocycles. The predicted molar refractivity (Wildman–Crippen MR) is 83.2 cm³/mol. The van der Waals surface area contributed by atoms with Gasteiger partial charge in [-0.25, -0.2) is 4.79 Å². The Labute approximate surface area is 131 Å². The van der Waals surface area contributed by atoms with Crippen LogP contribution >= 0.6 is 0 Å². The Balaban J connectivity index is 2.04. The average molecular weight is 308 g/mol. The SMILES string of the molecule is CC(C)C(=O)OCCCCCCOc1ccc(C(=O)O)cc1. The highest BCUT2D eigenvalue weighted by atomic mass is 16.5. The Kier molecular flexibility index (Phi) is 8.04. The van der Waals surface area contributed by atoms with Gasteiger partial charge in [-0.05, 0) is 49.9 Å². The number of hydrogen-bond acceptors (Lipinski definition) is 4. The van der Waals surface area contributed by atoms with E-state index in [4.69, 9.17) is 14.6 Å². The smallest absolute Gasteiger partial charge is 0.335 e. The zero-order chi connectivity index (χ0) is 16.4. The monoisotopic (exact) mass is 308 g/mol. The van der Waals surface area contributed by atoms with E-state index in [1.54, 1.807) is 12.1 Å². The topological polar surface area (TPSA) is 72.8 Å². The molecule has 22 heavy (non-hydrogen) atoms. The van der Waals surface area contributed by atoms with Gasteiger partial charge in [-0.2, -0.15) is 0 Å². The van der Waals surface area contributed by atoms with Crippen LogP contribution in [-0.2, 0) is 9.53 Å². The molecule has 0 unspecified atom stereocenters. The first-order valence-electron chi connectivity index (χ1n) is 7.63. The molecule has 0 aliphatic rings. The number of aromatic carboxylic acids is 1. The molecule has 0 atom stereocenters. The van der Waals surface area contributed by atoms with E-state index in [9.17, 15) is 9.59 Å². The number of ether oxygens (including phenoxy) is 2. The van der Waals surface area contributed by atoms with Gasteiger partial charge in [-0.1, -0.05) is 13.8 Å². The van der Waals surface area contributed by atoms with Gasteiger partial charge in [0.25, 0.3) is 0 Å². The van der Waals surface area contributed by atoms with E-state index in [0.29, 0.717) is 19.0 Å². The van der Waals surface area contributed by atoms with Crippen molar-refractivity contribution in [2.45, 2.75) is 39.5 Å². The third kappa shape index (κ3) is 7.11. The fraction of sp³-hybridized carbons (Fsp3) is 0.529. The molecule has 122 valence electrons. The molecule has 0 bridgehead atoms. The molecule has 0 fully saturated rings. The van der Waals surface area contributed by atoms with Crippen molar-refractivity contribution < 1.29 is 24.2 Å². The second-order valence-electron chi connectivity index (χ2n) is 5.41. The molecule has 0 radical (unpaired) electrons. The van der Waals surface area contributed by atoms with Gasteiger partial charge in [0.2, 0.25) is 0 Å². The number of carbonyl (C=O) groups is 2. The van der Waals surface area contributed by atoms with Gasteiger partial charge in [-0.15, -0.1) is 0 Å². The number of benzene rings is 1. The number of carboxylic acid groups (broad SMARTS) is 1. The third-order valence-corrected chi connectivity index (χ3v) is 3.12. The van der Waals surface area contributed by atoms with E-state index < -0.39 is 5.97 Å². The predicted octanol–water partition coefficient (Wildman–Crippen LogP) is 3.52. The molecule has 0 amide bonds. The van der Waals surface area contributed by atoms with Crippen LogP contribution in [0, 0.1) is 5.92 Å². The van der Waals surface area contributed by atoms with Crippen LogP contribution in [0.25, 0.3) is 0 Å². The molecule has 1 rings (SSSR count). The first kappa shape index (κ1) is 18.0. The second kappa shape index (κ2) is 9.82. The molecule has 0 heterocycles. The molecule has 5 nitrogen and oxygen atoms in total. The van der Waals surface area contributed by atoms with E-state index in [1.165, 1.54) is 12.1 Å². The van der Waals surface area contributed by atoms with Gasteiger partial charge in [0.15, 0.2) is 0 Å². The maximum absolute atomic E-state index is 11.2. The number of carbonyl (C=O) groups excluding carboxylic acids is 1.